The quantitative estimate of drug-likeness (QED) is 0.228. The Hall–Kier alpha value is -0.910. The number of amides is 1. The van der Waals surface area contributed by atoms with Gasteiger partial charge in [-0.2, -0.15) is 0 Å². The number of hydrogen-bond acceptors (Lipinski definition) is 5. The highest BCUT2D eigenvalue weighted by molar-refractivity contribution is 14.0. The van der Waals surface area contributed by atoms with Crippen molar-refractivity contribution in [2.75, 3.05) is 60.5 Å². The van der Waals surface area contributed by atoms with Crippen molar-refractivity contribution in [2.45, 2.75) is 19.4 Å². The molecule has 1 aromatic heterocycles. The summed E-state index contributed by atoms with van der Waals surface area (Å²) in [6.45, 7) is 5.25. The maximum absolute atomic E-state index is 12.4. The largest absolute Gasteiger partial charge is 0.385 e. The number of ether oxygens (including phenoxy) is 1. The Balaban J connectivity index is 0.00000364. The minimum Gasteiger partial charge on any atom is -0.385 e. The van der Waals surface area contributed by atoms with Gasteiger partial charge in [0, 0.05) is 58.4 Å². The van der Waals surface area contributed by atoms with E-state index in [0.717, 1.165) is 52.2 Å². The van der Waals surface area contributed by atoms with Gasteiger partial charge in [-0.05, 0) is 36.9 Å². The summed E-state index contributed by atoms with van der Waals surface area (Å²) in [5.74, 6) is 0.776. The van der Waals surface area contributed by atoms with Crippen molar-refractivity contribution in [2.24, 2.45) is 4.99 Å². The lowest BCUT2D eigenvalue weighted by molar-refractivity contribution is -0.130. The van der Waals surface area contributed by atoms with E-state index in [9.17, 15) is 4.79 Å². The van der Waals surface area contributed by atoms with Gasteiger partial charge in [0.2, 0.25) is 5.91 Å². The Bertz CT molecular complexity index is 596. The molecule has 9 heteroatoms. The lowest BCUT2D eigenvalue weighted by Gasteiger charge is -2.27. The summed E-state index contributed by atoms with van der Waals surface area (Å²) in [5.41, 5.74) is 1.29. The highest BCUT2D eigenvalue weighted by Gasteiger charge is 2.21. The summed E-state index contributed by atoms with van der Waals surface area (Å²) in [5, 5.41) is 8.49. The zero-order valence-electron chi connectivity index (χ0n) is 16.5. The number of rotatable bonds is 9. The van der Waals surface area contributed by atoms with Crippen LogP contribution in [0.2, 0.25) is 0 Å². The van der Waals surface area contributed by atoms with E-state index in [1.54, 1.807) is 25.5 Å². The number of guanidine groups is 1. The molecule has 0 spiro atoms. The third-order valence-corrected chi connectivity index (χ3v) is 5.49. The summed E-state index contributed by atoms with van der Waals surface area (Å²) in [7, 11) is 5.54. The smallest absolute Gasteiger partial charge is 0.242 e. The summed E-state index contributed by atoms with van der Waals surface area (Å²) in [6, 6.07) is 2.12. The number of thiophene rings is 1. The van der Waals surface area contributed by atoms with Gasteiger partial charge in [-0.15, -0.1) is 35.3 Å². The van der Waals surface area contributed by atoms with Crippen molar-refractivity contribution in [1.82, 2.24) is 20.4 Å². The van der Waals surface area contributed by atoms with Crippen LogP contribution in [0.3, 0.4) is 0 Å². The van der Waals surface area contributed by atoms with Gasteiger partial charge in [-0.1, -0.05) is 0 Å². The molecule has 2 rings (SSSR count). The number of carbonyl (C=O) groups is 1. The van der Waals surface area contributed by atoms with E-state index < -0.39 is 0 Å². The predicted molar refractivity (Wildman–Crippen MR) is 122 cm³/mol. The molecule has 0 saturated heterocycles. The third-order valence-electron chi connectivity index (χ3n) is 4.47. The molecule has 2 heterocycles. The molecule has 1 aromatic rings. The van der Waals surface area contributed by atoms with E-state index in [4.69, 9.17) is 4.74 Å². The van der Waals surface area contributed by atoms with Crippen LogP contribution in [0.1, 0.15) is 16.9 Å². The second-order valence-corrected chi connectivity index (χ2v) is 7.44. The summed E-state index contributed by atoms with van der Waals surface area (Å²) < 4.78 is 5.06. The van der Waals surface area contributed by atoms with Crippen molar-refractivity contribution in [1.29, 1.82) is 0 Å². The number of likely N-dealkylation sites (N-methyl/N-ethyl adjacent to an activating group) is 1. The van der Waals surface area contributed by atoms with E-state index in [1.807, 2.05) is 4.90 Å². The summed E-state index contributed by atoms with van der Waals surface area (Å²) in [4.78, 5) is 22.2. The Morgan fingerprint density at radius 1 is 1.41 bits per heavy atom. The fourth-order valence-corrected chi connectivity index (χ4v) is 3.80. The molecule has 0 aliphatic carbocycles. The molecule has 0 aromatic carbocycles. The van der Waals surface area contributed by atoms with Gasteiger partial charge in [0.25, 0.3) is 0 Å². The molecule has 0 fully saturated rings. The number of fused-ring (bicyclic) bond motifs is 1. The molecule has 27 heavy (non-hydrogen) atoms. The van der Waals surface area contributed by atoms with Crippen LogP contribution in [0, 0.1) is 0 Å². The normalized spacial score (nSPS) is 13.9. The zero-order valence-corrected chi connectivity index (χ0v) is 19.6. The number of methoxy groups -OCH3 is 1. The molecule has 0 unspecified atom stereocenters. The van der Waals surface area contributed by atoms with Crippen LogP contribution in [0.25, 0.3) is 0 Å². The molecule has 1 aliphatic rings. The van der Waals surface area contributed by atoms with Crippen molar-refractivity contribution in [3.05, 3.63) is 21.9 Å². The first-order valence-electron chi connectivity index (χ1n) is 9.09. The Morgan fingerprint density at radius 3 is 2.96 bits per heavy atom. The maximum atomic E-state index is 12.4. The van der Waals surface area contributed by atoms with Crippen LogP contribution in [-0.4, -0.2) is 82.2 Å². The zero-order chi connectivity index (χ0) is 18.8. The lowest BCUT2D eigenvalue weighted by Crippen LogP contribution is -2.46. The van der Waals surface area contributed by atoms with E-state index >= 15 is 0 Å². The van der Waals surface area contributed by atoms with Crippen molar-refractivity contribution < 1.29 is 9.53 Å². The summed E-state index contributed by atoms with van der Waals surface area (Å²) >= 11 is 1.78. The van der Waals surface area contributed by atoms with Gasteiger partial charge < -0.3 is 25.2 Å². The first-order valence-corrected chi connectivity index (χ1v) is 9.97. The van der Waals surface area contributed by atoms with Crippen LogP contribution < -0.4 is 10.6 Å². The van der Waals surface area contributed by atoms with Gasteiger partial charge in [-0.25, -0.2) is 0 Å². The Labute approximate surface area is 183 Å². The van der Waals surface area contributed by atoms with Gasteiger partial charge in [-0.3, -0.25) is 9.79 Å². The van der Waals surface area contributed by atoms with Gasteiger partial charge in [0.15, 0.2) is 5.96 Å². The lowest BCUT2D eigenvalue weighted by atomic mass is 10.1. The number of aliphatic imine (C=N–C) groups is 1. The standard InChI is InChI=1S/C18H31N5O2S.HI/c1-19-18(20-7-10-22(2)8-4-11-25-3)21-13-17(24)23-9-5-16-15(14-23)6-12-26-16;/h6,12H,4-5,7-11,13-14H2,1-3H3,(H2,19,20,21);1H. The minimum atomic E-state index is 0. The fourth-order valence-electron chi connectivity index (χ4n) is 2.91. The van der Waals surface area contributed by atoms with Crippen molar-refractivity contribution in [3.63, 3.8) is 0 Å². The predicted octanol–water partition coefficient (Wildman–Crippen LogP) is 1.38. The molecule has 7 nitrogen and oxygen atoms in total. The van der Waals surface area contributed by atoms with Crippen LogP contribution in [-0.2, 0) is 22.5 Å². The van der Waals surface area contributed by atoms with E-state index in [1.165, 1.54) is 10.4 Å². The molecule has 0 bridgehead atoms. The van der Waals surface area contributed by atoms with Crippen LogP contribution >= 0.6 is 35.3 Å². The second kappa shape index (κ2) is 13.3. The average Bonchev–Trinajstić information content (AvgIpc) is 3.12. The molecule has 0 atom stereocenters. The molecular weight excluding hydrogens is 477 g/mol. The van der Waals surface area contributed by atoms with Gasteiger partial charge in [0.05, 0.1) is 6.54 Å². The molecule has 1 aliphatic heterocycles. The average molecular weight is 509 g/mol. The molecule has 154 valence electrons. The van der Waals surface area contributed by atoms with Crippen LogP contribution in [0.5, 0.6) is 0 Å². The van der Waals surface area contributed by atoms with Crippen molar-refractivity contribution in [3.8, 4) is 0 Å². The Morgan fingerprint density at radius 2 is 2.22 bits per heavy atom. The molecule has 0 saturated carbocycles. The first-order chi connectivity index (χ1) is 12.6. The fraction of sp³-hybridized carbons (Fsp3) is 0.667. The minimum absolute atomic E-state index is 0. The number of nitrogens with one attached hydrogen (secondary N) is 2. The van der Waals surface area contributed by atoms with Gasteiger partial charge >= 0.3 is 0 Å². The molecule has 2 N–H and O–H groups in total. The topological polar surface area (TPSA) is 69.2 Å². The number of nitrogens with zero attached hydrogens (tertiary/aromatic N) is 3. The first kappa shape index (κ1) is 24.1. The highest BCUT2D eigenvalue weighted by Crippen LogP contribution is 2.23. The molecule has 1 amide bonds. The van der Waals surface area contributed by atoms with Crippen LogP contribution in [0.4, 0.5) is 0 Å². The van der Waals surface area contributed by atoms with E-state index in [-0.39, 0.29) is 36.4 Å². The molecule has 0 radical (unpaired) electrons. The second-order valence-electron chi connectivity index (χ2n) is 6.44. The SMILES string of the molecule is CN=C(NCCN(C)CCCOC)NCC(=O)N1CCc2sccc2C1.I. The number of halogens is 1. The Kier molecular flexibility index (Phi) is 11.9. The maximum Gasteiger partial charge on any atom is 0.242 e. The number of hydrogen-bond donors (Lipinski definition) is 2. The third kappa shape index (κ3) is 8.32. The van der Waals surface area contributed by atoms with E-state index in [0.29, 0.717) is 5.96 Å². The van der Waals surface area contributed by atoms with Gasteiger partial charge in [0.1, 0.15) is 0 Å². The van der Waals surface area contributed by atoms with Crippen molar-refractivity contribution >= 4 is 47.2 Å². The van der Waals surface area contributed by atoms with E-state index in [2.05, 4.69) is 39.0 Å². The number of carbonyl (C=O) groups excluding carboxylic acids is 1. The van der Waals surface area contributed by atoms with Crippen LogP contribution in [0.15, 0.2) is 16.4 Å². The highest BCUT2D eigenvalue weighted by atomic mass is 127. The molecular formula is C18H32IN5O2S. The summed E-state index contributed by atoms with van der Waals surface area (Å²) in [6.07, 6.45) is 1.98. The monoisotopic (exact) mass is 509 g/mol.